The molecule has 2 nitrogen and oxygen atoms in total. The van der Waals surface area contributed by atoms with Crippen molar-refractivity contribution in [2.75, 3.05) is 0 Å². The van der Waals surface area contributed by atoms with Gasteiger partial charge in [-0.2, -0.15) is 0 Å². The number of carbonyl (C=O) groups is 1. The Morgan fingerprint density at radius 1 is 1.35 bits per heavy atom. The van der Waals surface area contributed by atoms with Crippen molar-refractivity contribution in [3.8, 4) is 0 Å². The zero-order chi connectivity index (χ0) is 12.3. The minimum atomic E-state index is 0.581. The number of nitrogens with zero attached hydrogens (tertiary/aromatic N) is 1. The molecular weight excluding hydrogens is 322 g/mol. The van der Waals surface area contributed by atoms with Crippen molar-refractivity contribution in [2.45, 2.75) is 9.92 Å². The lowest BCUT2D eigenvalue weighted by atomic mass is 10.2. The molecule has 5 heteroatoms. The standard InChI is InChI=1S/C12H7BrClNOS/c13-9-3-4-11(8(6-9)7-16)17-12-10(14)2-1-5-15-12/h1-7H. The van der Waals surface area contributed by atoms with E-state index in [0.717, 1.165) is 15.7 Å². The lowest BCUT2D eigenvalue weighted by Crippen LogP contribution is -1.87. The van der Waals surface area contributed by atoms with Gasteiger partial charge in [0.25, 0.3) is 0 Å². The molecule has 0 saturated heterocycles. The van der Waals surface area contributed by atoms with E-state index in [1.54, 1.807) is 24.4 Å². The molecule has 0 aliphatic carbocycles. The smallest absolute Gasteiger partial charge is 0.151 e. The molecule has 0 amide bonds. The summed E-state index contributed by atoms with van der Waals surface area (Å²) >= 11 is 10.7. The van der Waals surface area contributed by atoms with Crippen LogP contribution in [0.3, 0.4) is 0 Å². The van der Waals surface area contributed by atoms with Gasteiger partial charge in [0, 0.05) is 21.1 Å². The summed E-state index contributed by atoms with van der Waals surface area (Å²) in [5.74, 6) is 0. The van der Waals surface area contributed by atoms with Gasteiger partial charge < -0.3 is 0 Å². The lowest BCUT2D eigenvalue weighted by Gasteiger charge is -2.05. The Bertz CT molecular complexity index is 562. The molecule has 0 spiro atoms. The van der Waals surface area contributed by atoms with Crippen molar-refractivity contribution in [3.63, 3.8) is 0 Å². The highest BCUT2D eigenvalue weighted by Crippen LogP contribution is 2.33. The summed E-state index contributed by atoms with van der Waals surface area (Å²) in [4.78, 5) is 16.0. The quantitative estimate of drug-likeness (QED) is 0.779. The molecular formula is C12H7BrClNOS. The van der Waals surface area contributed by atoms with Gasteiger partial charge in [0.15, 0.2) is 6.29 Å². The fourth-order valence-electron chi connectivity index (χ4n) is 1.25. The van der Waals surface area contributed by atoms with E-state index in [1.807, 2.05) is 12.1 Å². The highest BCUT2D eigenvalue weighted by molar-refractivity contribution is 9.10. The van der Waals surface area contributed by atoms with Gasteiger partial charge in [-0.05, 0) is 30.3 Å². The second-order valence-electron chi connectivity index (χ2n) is 3.19. The van der Waals surface area contributed by atoms with E-state index in [0.29, 0.717) is 15.6 Å². The maximum absolute atomic E-state index is 11.0. The Balaban J connectivity index is 2.36. The van der Waals surface area contributed by atoms with Gasteiger partial charge >= 0.3 is 0 Å². The molecule has 17 heavy (non-hydrogen) atoms. The third-order valence-electron chi connectivity index (χ3n) is 2.03. The van der Waals surface area contributed by atoms with Crippen LogP contribution in [0, 0.1) is 0 Å². The summed E-state index contributed by atoms with van der Waals surface area (Å²) in [5, 5.41) is 1.27. The van der Waals surface area contributed by atoms with Crippen LogP contribution in [0.25, 0.3) is 0 Å². The number of rotatable bonds is 3. The number of halogens is 2. The second kappa shape index (κ2) is 5.67. The number of aromatic nitrogens is 1. The largest absolute Gasteiger partial charge is 0.298 e. The Kier molecular flexibility index (Phi) is 4.20. The van der Waals surface area contributed by atoms with Crippen LogP contribution in [0.15, 0.2) is 50.9 Å². The first kappa shape index (κ1) is 12.6. The van der Waals surface area contributed by atoms with Crippen LogP contribution in [-0.2, 0) is 0 Å². The number of pyridine rings is 1. The van der Waals surface area contributed by atoms with E-state index in [1.165, 1.54) is 11.8 Å². The van der Waals surface area contributed by atoms with Crippen molar-refractivity contribution in [2.24, 2.45) is 0 Å². The molecule has 0 N–H and O–H groups in total. The molecule has 1 aromatic carbocycles. The number of aldehydes is 1. The first-order chi connectivity index (χ1) is 8.20. The monoisotopic (exact) mass is 327 g/mol. The average molecular weight is 329 g/mol. The minimum Gasteiger partial charge on any atom is -0.298 e. The molecule has 1 aromatic heterocycles. The zero-order valence-electron chi connectivity index (χ0n) is 8.56. The topological polar surface area (TPSA) is 30.0 Å². The average Bonchev–Trinajstić information content (AvgIpc) is 2.34. The summed E-state index contributed by atoms with van der Waals surface area (Å²) in [7, 11) is 0. The third kappa shape index (κ3) is 3.09. The van der Waals surface area contributed by atoms with Gasteiger partial charge in [-0.1, -0.05) is 39.3 Å². The number of benzene rings is 1. The zero-order valence-corrected chi connectivity index (χ0v) is 11.7. The van der Waals surface area contributed by atoms with Crippen molar-refractivity contribution in [3.05, 3.63) is 51.6 Å². The normalized spacial score (nSPS) is 10.2. The van der Waals surface area contributed by atoms with E-state index >= 15 is 0 Å². The molecule has 0 aliphatic rings. The fraction of sp³-hybridized carbons (Fsp3) is 0. The molecule has 0 atom stereocenters. The Morgan fingerprint density at radius 2 is 2.18 bits per heavy atom. The number of hydrogen-bond donors (Lipinski definition) is 0. The molecule has 1 heterocycles. The summed E-state index contributed by atoms with van der Waals surface area (Å²) in [6.45, 7) is 0. The van der Waals surface area contributed by atoms with E-state index < -0.39 is 0 Å². The SMILES string of the molecule is O=Cc1cc(Br)ccc1Sc1ncccc1Cl. The Labute approximate surface area is 117 Å². The highest BCUT2D eigenvalue weighted by Gasteiger charge is 2.08. The van der Waals surface area contributed by atoms with Gasteiger partial charge in [-0.15, -0.1) is 0 Å². The van der Waals surface area contributed by atoms with Crippen LogP contribution in [0.1, 0.15) is 10.4 Å². The van der Waals surface area contributed by atoms with Gasteiger partial charge in [0.1, 0.15) is 5.03 Å². The van der Waals surface area contributed by atoms with Crippen molar-refractivity contribution >= 4 is 45.6 Å². The van der Waals surface area contributed by atoms with E-state index in [-0.39, 0.29) is 0 Å². The molecule has 2 rings (SSSR count). The first-order valence-electron chi connectivity index (χ1n) is 4.74. The van der Waals surface area contributed by atoms with Crippen LogP contribution < -0.4 is 0 Å². The summed E-state index contributed by atoms with van der Waals surface area (Å²) < 4.78 is 0.871. The van der Waals surface area contributed by atoms with Crippen molar-refractivity contribution in [1.29, 1.82) is 0 Å². The molecule has 0 aliphatic heterocycles. The second-order valence-corrected chi connectivity index (χ2v) is 5.55. The third-order valence-corrected chi connectivity index (χ3v) is 4.05. The summed E-state index contributed by atoms with van der Waals surface area (Å²) in [6.07, 6.45) is 2.50. The predicted octanol–water partition coefficient (Wildman–Crippen LogP) is 4.46. The van der Waals surface area contributed by atoms with Crippen LogP contribution in [0.2, 0.25) is 5.02 Å². The minimum absolute atomic E-state index is 0.581. The Morgan fingerprint density at radius 3 is 2.88 bits per heavy atom. The maximum Gasteiger partial charge on any atom is 0.151 e. The van der Waals surface area contributed by atoms with Crippen LogP contribution in [0.5, 0.6) is 0 Å². The molecule has 0 saturated carbocycles. The molecule has 0 bridgehead atoms. The maximum atomic E-state index is 11.0. The molecule has 0 radical (unpaired) electrons. The van der Waals surface area contributed by atoms with Crippen molar-refractivity contribution < 1.29 is 4.79 Å². The van der Waals surface area contributed by atoms with E-state index in [4.69, 9.17) is 11.6 Å². The van der Waals surface area contributed by atoms with Crippen LogP contribution in [0.4, 0.5) is 0 Å². The van der Waals surface area contributed by atoms with Crippen molar-refractivity contribution in [1.82, 2.24) is 4.98 Å². The van der Waals surface area contributed by atoms with E-state index in [9.17, 15) is 4.79 Å². The lowest BCUT2D eigenvalue weighted by molar-refractivity contribution is 0.112. The van der Waals surface area contributed by atoms with E-state index in [2.05, 4.69) is 20.9 Å². The molecule has 0 fully saturated rings. The first-order valence-corrected chi connectivity index (χ1v) is 6.72. The molecule has 86 valence electrons. The van der Waals surface area contributed by atoms with Crippen LogP contribution >= 0.6 is 39.3 Å². The van der Waals surface area contributed by atoms with Gasteiger partial charge in [-0.25, -0.2) is 4.98 Å². The fourth-order valence-corrected chi connectivity index (χ4v) is 2.72. The van der Waals surface area contributed by atoms with Crippen LogP contribution in [-0.4, -0.2) is 11.3 Å². The summed E-state index contributed by atoms with van der Waals surface area (Å²) in [5.41, 5.74) is 0.617. The Hall–Kier alpha value is -0.840. The molecule has 2 aromatic rings. The molecule has 0 unspecified atom stereocenters. The number of carbonyl (C=O) groups excluding carboxylic acids is 1. The van der Waals surface area contributed by atoms with Gasteiger partial charge in [0.05, 0.1) is 5.02 Å². The predicted molar refractivity (Wildman–Crippen MR) is 72.9 cm³/mol. The van der Waals surface area contributed by atoms with Gasteiger partial charge in [-0.3, -0.25) is 4.79 Å². The summed E-state index contributed by atoms with van der Waals surface area (Å²) in [6, 6.07) is 9.06. The highest BCUT2D eigenvalue weighted by atomic mass is 79.9. The number of hydrogen-bond acceptors (Lipinski definition) is 3. The van der Waals surface area contributed by atoms with Gasteiger partial charge in [0.2, 0.25) is 0 Å².